The first-order valence-electron chi connectivity index (χ1n) is 28.7. The van der Waals surface area contributed by atoms with Crippen molar-refractivity contribution >= 4 is 84.9 Å². The Labute approximate surface area is 464 Å². The third-order valence-electron chi connectivity index (χ3n) is 14.4. The van der Waals surface area contributed by atoms with Gasteiger partial charge in [-0.15, -0.1) is 0 Å². The highest BCUT2D eigenvalue weighted by molar-refractivity contribution is 5.82. The fourth-order valence-electron chi connectivity index (χ4n) is 10.1. The van der Waals surface area contributed by atoms with Gasteiger partial charge in [-0.2, -0.15) is 0 Å². The van der Waals surface area contributed by atoms with Gasteiger partial charge in [0.2, 0.25) is 0 Å². The zero-order valence-electron chi connectivity index (χ0n) is 47.5. The minimum Gasteiger partial charge on any atom is -0.378 e. The summed E-state index contributed by atoms with van der Waals surface area (Å²) in [6, 6.07) is 49.3. The Balaban J connectivity index is 1.02. The van der Waals surface area contributed by atoms with Crippen molar-refractivity contribution in [3.63, 3.8) is 0 Å². The molecule has 0 N–H and O–H groups in total. The fourth-order valence-corrected chi connectivity index (χ4v) is 10.1. The number of hydrogen-bond acceptors (Lipinski definition) is 2. The predicted octanol–water partition coefficient (Wildman–Crippen LogP) is 20.3. The molecule has 0 heterocycles. The number of rotatable bonds is 26. The van der Waals surface area contributed by atoms with Crippen LogP contribution in [0.3, 0.4) is 0 Å². The second-order valence-electron chi connectivity index (χ2n) is 20.9. The maximum atomic E-state index is 11.8. The summed E-state index contributed by atoms with van der Waals surface area (Å²) in [5.41, 5.74) is 24.8. The number of nitrogens with zero attached hydrogens (tertiary/aromatic N) is 1. The molecule has 7 aromatic carbocycles. The maximum absolute atomic E-state index is 11.8. The molecule has 0 radical (unpaired) electrons. The fraction of sp³-hybridized carbons (Fsp3) is 0.267. The van der Waals surface area contributed by atoms with Crippen molar-refractivity contribution in [2.45, 2.75) is 119 Å². The van der Waals surface area contributed by atoms with Gasteiger partial charge in [-0.25, -0.2) is 0 Å². The molecule has 0 aliphatic carbocycles. The van der Waals surface area contributed by atoms with E-state index in [4.69, 9.17) is 0 Å². The molecule has 0 fully saturated rings. The number of benzene rings is 7. The first-order valence-corrected chi connectivity index (χ1v) is 28.7. The highest BCUT2D eigenvalue weighted by atomic mass is 16.1. The normalized spacial score (nSPS) is 12.0. The van der Waals surface area contributed by atoms with Crippen LogP contribution in [0.25, 0.3) is 72.9 Å². The van der Waals surface area contributed by atoms with Gasteiger partial charge in [-0.3, -0.25) is 4.79 Å². The van der Waals surface area contributed by atoms with Crippen molar-refractivity contribution in [2.24, 2.45) is 0 Å². The van der Waals surface area contributed by atoms with Crippen LogP contribution in [0.2, 0.25) is 0 Å². The molecule has 0 saturated carbocycles. The SMILES string of the molecule is CCCc1cc(/C=C/c2ccc(/C=C/c3cc(CCC)c(/C=C/c4ccc(/C=C/c5cc(CCC)c(/C=C/c6ccc(/C=C/c7ccc(N(C)C)cc7)cc6)cc5CCC)cc4)cc3CCC)cc2)c(CCC)cc1C=O. The summed E-state index contributed by atoms with van der Waals surface area (Å²) in [4.78, 5) is 14.0. The summed E-state index contributed by atoms with van der Waals surface area (Å²) in [6.07, 6.45) is 40.6. The van der Waals surface area contributed by atoms with Gasteiger partial charge in [0.05, 0.1) is 0 Å². The third-order valence-corrected chi connectivity index (χ3v) is 14.4. The number of carbonyl (C=O) groups excluding carboxylic acids is 1. The van der Waals surface area contributed by atoms with Crippen LogP contribution >= 0.6 is 0 Å². The summed E-state index contributed by atoms with van der Waals surface area (Å²) in [5.74, 6) is 0. The van der Waals surface area contributed by atoms with E-state index < -0.39 is 0 Å². The molecule has 0 amide bonds. The first kappa shape index (κ1) is 57.2. The zero-order chi connectivity index (χ0) is 54.4. The minimum atomic E-state index is 0.833. The molecule has 394 valence electrons. The van der Waals surface area contributed by atoms with E-state index in [1.165, 1.54) is 100 Å². The van der Waals surface area contributed by atoms with Crippen LogP contribution in [0.15, 0.2) is 133 Å². The van der Waals surface area contributed by atoms with E-state index in [0.717, 1.165) is 94.5 Å². The highest BCUT2D eigenvalue weighted by Crippen LogP contribution is 2.28. The lowest BCUT2D eigenvalue weighted by Gasteiger charge is -2.13. The van der Waals surface area contributed by atoms with Gasteiger partial charge in [-0.1, -0.05) is 268 Å². The lowest BCUT2D eigenvalue weighted by molar-refractivity contribution is 0.112. The van der Waals surface area contributed by atoms with Crippen LogP contribution < -0.4 is 4.90 Å². The molecule has 0 aliphatic heterocycles. The number of anilines is 1. The third kappa shape index (κ3) is 16.7. The molecular weight excluding hydrogens is 931 g/mol. The van der Waals surface area contributed by atoms with E-state index in [9.17, 15) is 4.79 Å². The summed E-state index contributed by atoms with van der Waals surface area (Å²) in [6.45, 7) is 13.5. The van der Waals surface area contributed by atoms with E-state index in [1.807, 2.05) is 0 Å². The van der Waals surface area contributed by atoms with Gasteiger partial charge >= 0.3 is 0 Å². The maximum Gasteiger partial charge on any atom is 0.150 e. The molecule has 2 heteroatoms. The van der Waals surface area contributed by atoms with Crippen molar-refractivity contribution < 1.29 is 4.79 Å². The van der Waals surface area contributed by atoms with Gasteiger partial charge in [0.1, 0.15) is 6.29 Å². The Morgan fingerprint density at radius 2 is 0.455 bits per heavy atom. The van der Waals surface area contributed by atoms with E-state index in [1.54, 1.807) is 0 Å². The Bertz CT molecular complexity index is 3190. The predicted molar refractivity (Wildman–Crippen MR) is 342 cm³/mol. The molecule has 0 bridgehead atoms. The number of aryl methyl sites for hydroxylation is 6. The quantitative estimate of drug-likeness (QED) is 0.0398. The van der Waals surface area contributed by atoms with Crippen LogP contribution in [-0.2, 0) is 38.5 Å². The van der Waals surface area contributed by atoms with Gasteiger partial charge < -0.3 is 4.90 Å². The molecule has 0 spiro atoms. The van der Waals surface area contributed by atoms with Crippen molar-refractivity contribution in [3.05, 3.63) is 239 Å². The Kier molecular flexibility index (Phi) is 22.0. The second-order valence-corrected chi connectivity index (χ2v) is 20.9. The van der Waals surface area contributed by atoms with Gasteiger partial charge in [0.15, 0.2) is 0 Å². The standard InChI is InChI=1S/C75H83NO/c1-9-15-63-50-70(64(16-10-2)49-69(63)42-35-57-24-21-56(22-25-57)23-34-62-40-47-75(48-41-62)76(7)8)43-36-58-26-28-59(29-27-58)37-44-71-51-66(18-12-4)72(52-65(71)17-11-3)45-38-60-30-32-61(33-31-60)39-46-73-53-68(20-14-6)74(55-77)54-67(73)19-13-5/h21-55H,9-20H2,1-8H3/b34-23+,42-35+,43-36+,44-37+,45-38+,46-39+. The van der Waals surface area contributed by atoms with E-state index in [-0.39, 0.29) is 0 Å². The average molecular weight is 1010 g/mol. The molecule has 2 nitrogen and oxygen atoms in total. The number of hydrogen-bond donors (Lipinski definition) is 0. The van der Waals surface area contributed by atoms with E-state index in [0.29, 0.717) is 0 Å². The monoisotopic (exact) mass is 1010 g/mol. The van der Waals surface area contributed by atoms with Gasteiger partial charge in [-0.05, 0) is 157 Å². The summed E-state index contributed by atoms with van der Waals surface area (Å²) in [7, 11) is 4.14. The molecule has 7 aromatic rings. The molecule has 0 saturated heterocycles. The van der Waals surface area contributed by atoms with Gasteiger partial charge in [0.25, 0.3) is 0 Å². The molecule has 77 heavy (non-hydrogen) atoms. The van der Waals surface area contributed by atoms with Crippen molar-refractivity contribution in [2.75, 3.05) is 19.0 Å². The van der Waals surface area contributed by atoms with Crippen molar-refractivity contribution in [1.29, 1.82) is 0 Å². The van der Waals surface area contributed by atoms with Crippen LogP contribution in [0.4, 0.5) is 5.69 Å². The molecule has 0 unspecified atom stereocenters. The van der Waals surface area contributed by atoms with Crippen molar-refractivity contribution in [1.82, 2.24) is 0 Å². The van der Waals surface area contributed by atoms with Crippen molar-refractivity contribution in [3.8, 4) is 0 Å². The molecule has 0 aromatic heterocycles. The molecule has 7 rings (SSSR count). The van der Waals surface area contributed by atoms with Gasteiger partial charge in [0, 0.05) is 25.3 Å². The first-order chi connectivity index (χ1) is 37.6. The molecule has 0 aliphatic rings. The number of aldehydes is 1. The summed E-state index contributed by atoms with van der Waals surface area (Å²) < 4.78 is 0. The minimum absolute atomic E-state index is 0.833. The summed E-state index contributed by atoms with van der Waals surface area (Å²) >= 11 is 0. The largest absolute Gasteiger partial charge is 0.378 e. The van der Waals surface area contributed by atoms with Crippen LogP contribution in [0.1, 0.15) is 191 Å². The lowest BCUT2D eigenvalue weighted by atomic mass is 9.92. The lowest BCUT2D eigenvalue weighted by Crippen LogP contribution is -2.07. The zero-order valence-corrected chi connectivity index (χ0v) is 47.5. The van der Waals surface area contributed by atoms with E-state index in [2.05, 4.69) is 267 Å². The van der Waals surface area contributed by atoms with Crippen LogP contribution in [-0.4, -0.2) is 20.4 Å². The van der Waals surface area contributed by atoms with E-state index >= 15 is 0 Å². The highest BCUT2D eigenvalue weighted by Gasteiger charge is 2.11. The smallest absolute Gasteiger partial charge is 0.150 e. The Morgan fingerprint density at radius 3 is 0.649 bits per heavy atom. The second kappa shape index (κ2) is 29.7. The Morgan fingerprint density at radius 1 is 0.273 bits per heavy atom. The van der Waals surface area contributed by atoms with Crippen LogP contribution in [0.5, 0.6) is 0 Å². The topological polar surface area (TPSA) is 20.3 Å². The molecular formula is C75H83NO. The summed E-state index contributed by atoms with van der Waals surface area (Å²) in [5, 5.41) is 0. The average Bonchev–Trinajstić information content (AvgIpc) is 3.45. The molecule has 0 atom stereocenters. The Hall–Kier alpha value is -7.55. The number of carbonyl (C=O) groups is 1. The van der Waals surface area contributed by atoms with Crippen LogP contribution in [0, 0.1) is 0 Å².